The first-order valence-electron chi connectivity index (χ1n) is 9.65. The summed E-state index contributed by atoms with van der Waals surface area (Å²) in [6.45, 7) is 1.69. The Bertz CT molecular complexity index is 758. The van der Waals surface area contributed by atoms with Crippen molar-refractivity contribution in [1.29, 1.82) is 0 Å². The standard InChI is InChI=1S/C22H28N2O4/c1-22(27,20-10-7-8-16-23-20)18-14-12-17(13-15-18)19(25)9-5-3-2-4-6-11-21(26)24-28/h7-8,10,12-16,27-28H,2-6,9,11H2,1H3,(H,24,26). The number of aliphatic hydroxyl groups is 1. The van der Waals surface area contributed by atoms with Gasteiger partial charge >= 0.3 is 0 Å². The van der Waals surface area contributed by atoms with Crippen molar-refractivity contribution in [3.05, 3.63) is 65.5 Å². The van der Waals surface area contributed by atoms with E-state index in [4.69, 9.17) is 5.21 Å². The van der Waals surface area contributed by atoms with Crippen LogP contribution in [0.15, 0.2) is 48.7 Å². The van der Waals surface area contributed by atoms with Crippen LogP contribution in [0.1, 0.15) is 73.5 Å². The van der Waals surface area contributed by atoms with E-state index in [-0.39, 0.29) is 11.7 Å². The highest BCUT2D eigenvalue weighted by molar-refractivity contribution is 5.96. The minimum Gasteiger partial charge on any atom is -0.379 e. The number of nitrogens with zero attached hydrogens (tertiary/aromatic N) is 1. The third kappa shape index (κ3) is 6.25. The van der Waals surface area contributed by atoms with E-state index < -0.39 is 5.60 Å². The molecule has 0 spiro atoms. The Balaban J connectivity index is 1.78. The molecule has 1 aromatic carbocycles. The molecule has 0 saturated carbocycles. The third-order valence-corrected chi connectivity index (χ3v) is 4.87. The Labute approximate surface area is 165 Å². The highest BCUT2D eigenvalue weighted by Crippen LogP contribution is 2.27. The van der Waals surface area contributed by atoms with Crippen LogP contribution >= 0.6 is 0 Å². The zero-order valence-corrected chi connectivity index (χ0v) is 16.2. The van der Waals surface area contributed by atoms with E-state index in [9.17, 15) is 14.7 Å². The average molecular weight is 384 g/mol. The number of rotatable bonds is 11. The lowest BCUT2D eigenvalue weighted by Crippen LogP contribution is -2.24. The molecule has 2 rings (SSSR count). The maximum absolute atomic E-state index is 12.3. The van der Waals surface area contributed by atoms with Gasteiger partial charge in [0.05, 0.1) is 5.69 Å². The minimum absolute atomic E-state index is 0.0867. The topological polar surface area (TPSA) is 99.5 Å². The van der Waals surface area contributed by atoms with Crippen molar-refractivity contribution in [2.24, 2.45) is 0 Å². The lowest BCUT2D eigenvalue weighted by atomic mass is 9.90. The number of ketones is 1. The Morgan fingerprint density at radius 1 is 0.964 bits per heavy atom. The van der Waals surface area contributed by atoms with E-state index in [0.717, 1.165) is 32.1 Å². The maximum Gasteiger partial charge on any atom is 0.243 e. The maximum atomic E-state index is 12.3. The Hall–Kier alpha value is -2.57. The number of hydrogen-bond acceptors (Lipinski definition) is 5. The van der Waals surface area contributed by atoms with Crippen LogP contribution in [0.3, 0.4) is 0 Å². The monoisotopic (exact) mass is 384 g/mol. The largest absolute Gasteiger partial charge is 0.379 e. The third-order valence-electron chi connectivity index (χ3n) is 4.87. The number of hydroxylamine groups is 1. The predicted molar refractivity (Wildman–Crippen MR) is 106 cm³/mol. The average Bonchev–Trinajstić information content (AvgIpc) is 2.73. The molecule has 1 unspecified atom stereocenters. The summed E-state index contributed by atoms with van der Waals surface area (Å²) in [7, 11) is 0. The fourth-order valence-electron chi connectivity index (χ4n) is 3.08. The Kier molecular flexibility index (Phi) is 8.29. The fourth-order valence-corrected chi connectivity index (χ4v) is 3.08. The van der Waals surface area contributed by atoms with Crippen molar-refractivity contribution in [2.75, 3.05) is 0 Å². The van der Waals surface area contributed by atoms with E-state index in [1.54, 1.807) is 55.0 Å². The molecule has 28 heavy (non-hydrogen) atoms. The number of amides is 1. The number of aromatic nitrogens is 1. The van der Waals surface area contributed by atoms with E-state index >= 15 is 0 Å². The summed E-state index contributed by atoms with van der Waals surface area (Å²) in [6, 6.07) is 12.5. The summed E-state index contributed by atoms with van der Waals surface area (Å²) < 4.78 is 0. The van der Waals surface area contributed by atoms with Crippen molar-refractivity contribution >= 4 is 11.7 Å². The van der Waals surface area contributed by atoms with Gasteiger partial charge in [0.25, 0.3) is 0 Å². The highest BCUT2D eigenvalue weighted by Gasteiger charge is 2.26. The molecular formula is C22H28N2O4. The van der Waals surface area contributed by atoms with Crippen molar-refractivity contribution in [3.8, 4) is 0 Å². The second-order valence-corrected chi connectivity index (χ2v) is 7.09. The first-order chi connectivity index (χ1) is 13.4. The van der Waals surface area contributed by atoms with Crippen LogP contribution in [0.2, 0.25) is 0 Å². The second-order valence-electron chi connectivity index (χ2n) is 7.09. The second kappa shape index (κ2) is 10.7. The van der Waals surface area contributed by atoms with Crippen LogP contribution in [0.5, 0.6) is 0 Å². The first kappa shape index (κ1) is 21.7. The molecule has 150 valence electrons. The molecular weight excluding hydrogens is 356 g/mol. The molecule has 0 aliphatic carbocycles. The molecule has 6 nitrogen and oxygen atoms in total. The van der Waals surface area contributed by atoms with Gasteiger partial charge in [-0.15, -0.1) is 0 Å². The number of hydrogen-bond donors (Lipinski definition) is 3. The van der Waals surface area contributed by atoms with Gasteiger partial charge in [-0.2, -0.15) is 0 Å². The Morgan fingerprint density at radius 3 is 2.21 bits per heavy atom. The lowest BCUT2D eigenvalue weighted by molar-refractivity contribution is -0.129. The van der Waals surface area contributed by atoms with Gasteiger partial charge in [0, 0.05) is 24.6 Å². The summed E-state index contributed by atoms with van der Waals surface area (Å²) in [6.07, 6.45) is 6.77. The smallest absolute Gasteiger partial charge is 0.243 e. The molecule has 1 atom stereocenters. The van der Waals surface area contributed by atoms with E-state index in [1.807, 2.05) is 6.07 Å². The number of carbonyl (C=O) groups excluding carboxylic acids is 2. The molecule has 1 heterocycles. The molecule has 0 fully saturated rings. The molecule has 2 aromatic rings. The number of benzene rings is 1. The number of unbranched alkanes of at least 4 members (excludes halogenated alkanes) is 4. The van der Waals surface area contributed by atoms with Gasteiger partial charge < -0.3 is 5.11 Å². The predicted octanol–water partition coefficient (Wildman–Crippen LogP) is 3.76. The van der Waals surface area contributed by atoms with Gasteiger partial charge in [-0.25, -0.2) is 5.48 Å². The van der Waals surface area contributed by atoms with Crippen molar-refractivity contribution in [3.63, 3.8) is 0 Å². The molecule has 0 aliphatic heterocycles. The quantitative estimate of drug-likeness (QED) is 0.237. The van der Waals surface area contributed by atoms with Gasteiger partial charge in [-0.3, -0.25) is 19.8 Å². The normalized spacial score (nSPS) is 13.0. The van der Waals surface area contributed by atoms with Gasteiger partial charge in [-0.05, 0) is 37.5 Å². The van der Waals surface area contributed by atoms with Crippen LogP contribution in [0, 0.1) is 0 Å². The van der Waals surface area contributed by atoms with Crippen molar-refractivity contribution in [2.45, 2.75) is 57.5 Å². The van der Waals surface area contributed by atoms with Crippen LogP contribution < -0.4 is 5.48 Å². The van der Waals surface area contributed by atoms with Gasteiger partial charge in [0.1, 0.15) is 5.60 Å². The van der Waals surface area contributed by atoms with Gasteiger partial charge in [-0.1, -0.05) is 49.6 Å². The number of pyridine rings is 1. The summed E-state index contributed by atoms with van der Waals surface area (Å²) in [5, 5.41) is 19.2. The fraction of sp³-hybridized carbons (Fsp3) is 0.409. The SMILES string of the molecule is CC(O)(c1ccc(C(=O)CCCCCCCC(=O)NO)cc1)c1ccccn1. The van der Waals surface area contributed by atoms with E-state index in [1.165, 1.54) is 0 Å². The van der Waals surface area contributed by atoms with Crippen LogP contribution in [-0.2, 0) is 10.4 Å². The Morgan fingerprint density at radius 2 is 1.61 bits per heavy atom. The molecule has 1 amide bonds. The van der Waals surface area contributed by atoms with Crippen LogP contribution in [0.25, 0.3) is 0 Å². The lowest BCUT2D eigenvalue weighted by Gasteiger charge is -2.23. The van der Waals surface area contributed by atoms with Crippen molar-refractivity contribution < 1.29 is 19.9 Å². The minimum atomic E-state index is -1.21. The zero-order valence-electron chi connectivity index (χ0n) is 16.2. The molecule has 1 aromatic heterocycles. The number of carbonyl (C=O) groups is 2. The van der Waals surface area contributed by atoms with Crippen LogP contribution in [-0.4, -0.2) is 27.0 Å². The molecule has 6 heteroatoms. The zero-order chi connectivity index (χ0) is 20.4. The van der Waals surface area contributed by atoms with E-state index in [0.29, 0.717) is 29.7 Å². The number of Topliss-reactive ketones (excluding diaryl/α,β-unsaturated/α-hetero) is 1. The summed E-state index contributed by atoms with van der Waals surface area (Å²) in [5.41, 5.74) is 2.30. The highest BCUT2D eigenvalue weighted by atomic mass is 16.5. The molecule has 0 bridgehead atoms. The van der Waals surface area contributed by atoms with E-state index in [2.05, 4.69) is 4.98 Å². The summed E-state index contributed by atoms with van der Waals surface area (Å²) in [4.78, 5) is 27.4. The molecule has 0 radical (unpaired) electrons. The molecule has 0 aliphatic rings. The van der Waals surface area contributed by atoms with Gasteiger partial charge in [0.15, 0.2) is 5.78 Å². The summed E-state index contributed by atoms with van der Waals surface area (Å²) >= 11 is 0. The first-order valence-corrected chi connectivity index (χ1v) is 9.65. The van der Waals surface area contributed by atoms with Gasteiger partial charge in [0.2, 0.25) is 5.91 Å². The number of nitrogens with one attached hydrogen (secondary N) is 1. The van der Waals surface area contributed by atoms with Crippen molar-refractivity contribution in [1.82, 2.24) is 10.5 Å². The molecule has 3 N–H and O–H groups in total. The van der Waals surface area contributed by atoms with Crippen LogP contribution in [0.4, 0.5) is 0 Å². The molecule has 0 saturated heterocycles. The summed E-state index contributed by atoms with van der Waals surface area (Å²) in [5.74, 6) is -0.274.